The number of hydrogen-bond acceptors (Lipinski definition) is 4. The van der Waals surface area contributed by atoms with Crippen molar-refractivity contribution in [1.82, 2.24) is 4.90 Å². The molecule has 102 valence electrons. The van der Waals surface area contributed by atoms with Crippen LogP contribution in [0.15, 0.2) is 0 Å². The number of rotatable bonds is 4. The van der Waals surface area contributed by atoms with Gasteiger partial charge in [0.05, 0.1) is 18.3 Å². The number of nitrogens with zero attached hydrogens (tertiary/aromatic N) is 1. The first-order valence-electron chi connectivity index (χ1n) is 6.53. The van der Waals surface area contributed by atoms with E-state index in [1.54, 1.807) is 0 Å². The minimum Gasteiger partial charge on any atom is -0.389 e. The predicted molar refractivity (Wildman–Crippen MR) is 74.7 cm³/mol. The van der Waals surface area contributed by atoms with Crippen LogP contribution < -0.4 is 0 Å². The third-order valence-corrected chi connectivity index (χ3v) is 4.06. The van der Waals surface area contributed by atoms with Crippen LogP contribution in [-0.4, -0.2) is 59.0 Å². The second-order valence-electron chi connectivity index (χ2n) is 5.85. The van der Waals surface area contributed by atoms with Gasteiger partial charge in [-0.15, -0.1) is 0 Å². The molecule has 0 saturated carbocycles. The first-order valence-corrected chi connectivity index (χ1v) is 7.57. The van der Waals surface area contributed by atoms with E-state index in [4.69, 9.17) is 4.74 Å². The zero-order valence-corrected chi connectivity index (χ0v) is 12.4. The molecule has 0 radical (unpaired) electrons. The molecule has 0 amide bonds. The maximum Gasteiger partial charge on any atom is 0.0900 e. The quantitative estimate of drug-likeness (QED) is 0.839. The molecule has 0 aromatic carbocycles. The summed E-state index contributed by atoms with van der Waals surface area (Å²) in [6.45, 7) is 11.7. The Hall–Kier alpha value is 0.230. The topological polar surface area (TPSA) is 32.7 Å². The highest BCUT2D eigenvalue weighted by molar-refractivity contribution is 7.99. The highest BCUT2D eigenvalue weighted by Crippen LogP contribution is 2.18. The Balaban J connectivity index is 2.23. The Kier molecular flexibility index (Phi) is 6.27. The van der Waals surface area contributed by atoms with E-state index >= 15 is 0 Å². The molecule has 1 N–H and O–H groups in total. The molecule has 1 aliphatic rings. The van der Waals surface area contributed by atoms with Crippen LogP contribution in [0.3, 0.4) is 0 Å². The zero-order chi connectivity index (χ0) is 12.9. The Morgan fingerprint density at radius 1 is 1.41 bits per heavy atom. The smallest absolute Gasteiger partial charge is 0.0900 e. The third kappa shape index (κ3) is 7.29. The standard InChI is InChI=1S/C13H27NO2S/c1-11-5-6-14(7-8-17-11)9-12(15)10-16-13(2,3)4/h11-12,15H,5-10H2,1-4H3/t11-,12+/m1/s1. The molecule has 17 heavy (non-hydrogen) atoms. The van der Waals surface area contributed by atoms with Crippen molar-refractivity contribution >= 4 is 11.8 Å². The van der Waals surface area contributed by atoms with Gasteiger partial charge in [-0.05, 0) is 33.7 Å². The number of thioether (sulfide) groups is 1. The first kappa shape index (κ1) is 15.3. The van der Waals surface area contributed by atoms with Crippen LogP contribution in [-0.2, 0) is 4.74 Å². The summed E-state index contributed by atoms with van der Waals surface area (Å²) >= 11 is 2.03. The van der Waals surface area contributed by atoms with Crippen molar-refractivity contribution in [3.05, 3.63) is 0 Å². The fourth-order valence-corrected chi connectivity index (χ4v) is 2.86. The van der Waals surface area contributed by atoms with Gasteiger partial charge in [-0.3, -0.25) is 4.90 Å². The van der Waals surface area contributed by atoms with Crippen molar-refractivity contribution < 1.29 is 9.84 Å². The molecular weight excluding hydrogens is 234 g/mol. The summed E-state index contributed by atoms with van der Waals surface area (Å²) in [7, 11) is 0. The molecule has 1 saturated heterocycles. The molecular formula is C13H27NO2S. The average molecular weight is 261 g/mol. The average Bonchev–Trinajstić information content (AvgIpc) is 2.40. The van der Waals surface area contributed by atoms with E-state index < -0.39 is 0 Å². The lowest BCUT2D eigenvalue weighted by Crippen LogP contribution is -2.38. The van der Waals surface area contributed by atoms with Gasteiger partial charge >= 0.3 is 0 Å². The predicted octanol–water partition coefficient (Wildman–Crippen LogP) is 1.99. The molecule has 3 nitrogen and oxygen atoms in total. The van der Waals surface area contributed by atoms with Crippen LogP contribution in [0.25, 0.3) is 0 Å². The fourth-order valence-electron chi connectivity index (χ4n) is 1.82. The Bertz CT molecular complexity index is 218. The van der Waals surface area contributed by atoms with E-state index in [2.05, 4.69) is 11.8 Å². The summed E-state index contributed by atoms with van der Waals surface area (Å²) in [5.41, 5.74) is -0.163. The van der Waals surface area contributed by atoms with Crippen molar-refractivity contribution in [2.24, 2.45) is 0 Å². The van der Waals surface area contributed by atoms with Crippen molar-refractivity contribution in [2.75, 3.05) is 32.0 Å². The van der Waals surface area contributed by atoms with E-state index in [9.17, 15) is 5.11 Å². The van der Waals surface area contributed by atoms with Gasteiger partial charge in [0.1, 0.15) is 0 Å². The zero-order valence-electron chi connectivity index (χ0n) is 11.6. The van der Waals surface area contributed by atoms with Gasteiger partial charge in [0.25, 0.3) is 0 Å². The summed E-state index contributed by atoms with van der Waals surface area (Å²) in [5.74, 6) is 1.17. The number of aliphatic hydroxyl groups excluding tert-OH is 1. The lowest BCUT2D eigenvalue weighted by molar-refractivity contribution is -0.0557. The normalized spacial score (nSPS) is 25.6. The second-order valence-corrected chi connectivity index (χ2v) is 7.39. The van der Waals surface area contributed by atoms with Crippen LogP contribution in [0.4, 0.5) is 0 Å². The number of hydrogen-bond donors (Lipinski definition) is 1. The summed E-state index contributed by atoms with van der Waals surface area (Å²) < 4.78 is 5.60. The van der Waals surface area contributed by atoms with Gasteiger partial charge in [0.15, 0.2) is 0 Å². The van der Waals surface area contributed by atoms with Gasteiger partial charge in [-0.25, -0.2) is 0 Å². The van der Waals surface area contributed by atoms with E-state index in [0.29, 0.717) is 6.61 Å². The molecule has 1 heterocycles. The van der Waals surface area contributed by atoms with Gasteiger partial charge in [-0.1, -0.05) is 6.92 Å². The Labute approximate surface area is 110 Å². The Morgan fingerprint density at radius 3 is 2.76 bits per heavy atom. The van der Waals surface area contributed by atoms with Gasteiger partial charge < -0.3 is 9.84 Å². The second kappa shape index (κ2) is 6.98. The van der Waals surface area contributed by atoms with Crippen LogP contribution in [0.2, 0.25) is 0 Å². The fraction of sp³-hybridized carbons (Fsp3) is 1.00. The van der Waals surface area contributed by atoms with Crippen molar-refractivity contribution in [2.45, 2.75) is 51.1 Å². The molecule has 1 aliphatic heterocycles. The minimum atomic E-state index is -0.368. The lowest BCUT2D eigenvalue weighted by atomic mass is 10.2. The van der Waals surface area contributed by atoms with Crippen molar-refractivity contribution in [3.8, 4) is 0 Å². The minimum absolute atomic E-state index is 0.163. The highest BCUT2D eigenvalue weighted by Gasteiger charge is 2.18. The van der Waals surface area contributed by atoms with Crippen molar-refractivity contribution in [3.63, 3.8) is 0 Å². The molecule has 0 bridgehead atoms. The van der Waals surface area contributed by atoms with Crippen LogP contribution in [0.5, 0.6) is 0 Å². The number of aliphatic hydroxyl groups is 1. The monoisotopic (exact) mass is 261 g/mol. The lowest BCUT2D eigenvalue weighted by Gasteiger charge is -2.26. The van der Waals surface area contributed by atoms with Gasteiger partial charge in [0.2, 0.25) is 0 Å². The largest absolute Gasteiger partial charge is 0.389 e. The molecule has 2 atom stereocenters. The van der Waals surface area contributed by atoms with E-state index in [0.717, 1.165) is 24.9 Å². The summed E-state index contributed by atoms with van der Waals surface area (Å²) in [6.07, 6.45) is 0.852. The van der Waals surface area contributed by atoms with Gasteiger partial charge in [-0.2, -0.15) is 11.8 Å². The molecule has 0 aromatic rings. The highest BCUT2D eigenvalue weighted by atomic mass is 32.2. The Morgan fingerprint density at radius 2 is 2.12 bits per heavy atom. The maximum absolute atomic E-state index is 9.95. The summed E-state index contributed by atoms with van der Waals surface area (Å²) in [4.78, 5) is 2.35. The molecule has 0 aromatic heterocycles. The molecule has 0 unspecified atom stereocenters. The van der Waals surface area contributed by atoms with E-state index in [1.807, 2.05) is 32.5 Å². The number of ether oxygens (including phenoxy) is 1. The molecule has 1 fully saturated rings. The third-order valence-electron chi connectivity index (χ3n) is 2.84. The van der Waals surface area contributed by atoms with Crippen LogP contribution in [0.1, 0.15) is 34.1 Å². The molecule has 4 heteroatoms. The van der Waals surface area contributed by atoms with Crippen LogP contribution in [0, 0.1) is 0 Å². The van der Waals surface area contributed by atoms with Crippen LogP contribution >= 0.6 is 11.8 Å². The SMILES string of the molecule is C[C@@H]1CCN(C[C@H](O)COC(C)(C)C)CCS1. The maximum atomic E-state index is 9.95. The van der Waals surface area contributed by atoms with Crippen molar-refractivity contribution in [1.29, 1.82) is 0 Å². The molecule has 0 aliphatic carbocycles. The molecule has 0 spiro atoms. The van der Waals surface area contributed by atoms with E-state index in [-0.39, 0.29) is 11.7 Å². The summed E-state index contributed by atoms with van der Waals surface area (Å²) in [5, 5.41) is 10.7. The van der Waals surface area contributed by atoms with Gasteiger partial charge in [0, 0.05) is 24.1 Å². The number of β-amino-alcohol motifs (C(OH)–C–C–N with tert-alkyl or cyclic N) is 1. The first-order chi connectivity index (χ1) is 7.87. The molecule has 1 rings (SSSR count). The van der Waals surface area contributed by atoms with E-state index in [1.165, 1.54) is 12.2 Å². The summed E-state index contributed by atoms with van der Waals surface area (Å²) in [6, 6.07) is 0.